The number of nitrogens with one attached hydrogen (secondary N) is 3. The van der Waals surface area contributed by atoms with E-state index in [2.05, 4.69) is 16.2 Å². The summed E-state index contributed by atoms with van der Waals surface area (Å²) in [5, 5.41) is 2.35. The summed E-state index contributed by atoms with van der Waals surface area (Å²) >= 11 is 0. The molecule has 0 radical (unpaired) electrons. The summed E-state index contributed by atoms with van der Waals surface area (Å²) in [5.74, 6) is 0. The first-order valence-corrected chi connectivity index (χ1v) is 1.95. The van der Waals surface area contributed by atoms with Gasteiger partial charge in [0, 0.05) is 14.1 Å². The molecule has 4 heteroatoms. The second-order valence-electron chi connectivity index (χ2n) is 0.954. The van der Waals surface area contributed by atoms with Crippen molar-refractivity contribution in [1.29, 1.82) is 0 Å². The zero-order chi connectivity index (χ0) is 5.70. The van der Waals surface area contributed by atoms with Crippen LogP contribution < -0.4 is 16.2 Å². The number of amides is 2. The molecule has 4 nitrogen and oxygen atoms in total. The fourth-order valence-electron chi connectivity index (χ4n) is 0.176. The highest BCUT2D eigenvalue weighted by atomic mass is 16.2. The lowest BCUT2D eigenvalue weighted by Gasteiger charge is -1.97. The van der Waals surface area contributed by atoms with Crippen LogP contribution in [0.2, 0.25) is 0 Å². The molecule has 42 valence electrons. The van der Waals surface area contributed by atoms with E-state index in [9.17, 15) is 4.79 Å². The van der Waals surface area contributed by atoms with Gasteiger partial charge in [0.1, 0.15) is 0 Å². The van der Waals surface area contributed by atoms with Gasteiger partial charge in [-0.05, 0) is 0 Å². The molecule has 0 unspecified atom stereocenters. The zero-order valence-electron chi connectivity index (χ0n) is 4.41. The highest BCUT2D eigenvalue weighted by Gasteiger charge is 1.85. The molecule has 0 aromatic carbocycles. The van der Waals surface area contributed by atoms with E-state index in [-0.39, 0.29) is 6.03 Å². The molecule has 0 atom stereocenters. The molecule has 0 bridgehead atoms. The van der Waals surface area contributed by atoms with Crippen LogP contribution in [0.5, 0.6) is 0 Å². The Labute approximate surface area is 42.3 Å². The molecule has 0 aliphatic rings. The van der Waals surface area contributed by atoms with Crippen LogP contribution in [0.4, 0.5) is 4.79 Å². The summed E-state index contributed by atoms with van der Waals surface area (Å²) in [6.07, 6.45) is 0. The molecule has 0 aliphatic heterocycles. The number of rotatable bonds is 1. The van der Waals surface area contributed by atoms with Gasteiger partial charge in [0.25, 0.3) is 0 Å². The Morgan fingerprint density at radius 3 is 2.14 bits per heavy atom. The third-order valence-corrected chi connectivity index (χ3v) is 0.466. The Hall–Kier alpha value is -0.770. The van der Waals surface area contributed by atoms with Crippen molar-refractivity contribution in [3.05, 3.63) is 0 Å². The first-order chi connectivity index (χ1) is 3.31. The van der Waals surface area contributed by atoms with Crippen molar-refractivity contribution in [2.75, 3.05) is 14.1 Å². The molecule has 0 saturated heterocycles. The van der Waals surface area contributed by atoms with E-state index in [4.69, 9.17) is 0 Å². The Bertz CT molecular complexity index is 63.2. The molecule has 0 saturated carbocycles. The first kappa shape index (κ1) is 6.23. The van der Waals surface area contributed by atoms with Crippen LogP contribution in [-0.4, -0.2) is 20.1 Å². The fraction of sp³-hybridized carbons (Fsp3) is 0.667. The molecule has 0 spiro atoms. The van der Waals surface area contributed by atoms with Crippen molar-refractivity contribution in [1.82, 2.24) is 16.2 Å². The van der Waals surface area contributed by atoms with Crippen LogP contribution in [-0.2, 0) is 0 Å². The van der Waals surface area contributed by atoms with E-state index >= 15 is 0 Å². The van der Waals surface area contributed by atoms with Crippen LogP contribution in [0.1, 0.15) is 0 Å². The maximum Gasteiger partial charge on any atom is 0.328 e. The van der Waals surface area contributed by atoms with Crippen molar-refractivity contribution in [3.63, 3.8) is 0 Å². The average molecular weight is 103 g/mol. The monoisotopic (exact) mass is 103 g/mol. The maximum atomic E-state index is 10.1. The van der Waals surface area contributed by atoms with Gasteiger partial charge in [-0.25, -0.2) is 10.2 Å². The van der Waals surface area contributed by atoms with E-state index in [0.29, 0.717) is 0 Å². The maximum absolute atomic E-state index is 10.1. The molecule has 7 heavy (non-hydrogen) atoms. The number of carbonyl (C=O) groups is 1. The molecule has 2 amide bonds. The number of urea groups is 1. The van der Waals surface area contributed by atoms with Gasteiger partial charge < -0.3 is 5.32 Å². The first-order valence-electron chi connectivity index (χ1n) is 1.95. The van der Waals surface area contributed by atoms with Crippen molar-refractivity contribution < 1.29 is 4.79 Å². The lowest BCUT2D eigenvalue weighted by Crippen LogP contribution is -2.40. The fourth-order valence-corrected chi connectivity index (χ4v) is 0.176. The Morgan fingerprint density at radius 1 is 1.43 bits per heavy atom. The summed E-state index contributed by atoms with van der Waals surface area (Å²) in [6, 6.07) is -0.234. The molecule has 0 heterocycles. The summed E-state index contributed by atoms with van der Waals surface area (Å²) in [5.41, 5.74) is 4.75. The second kappa shape index (κ2) is 3.42. The van der Waals surface area contributed by atoms with Gasteiger partial charge in [-0.1, -0.05) is 0 Å². The Balaban J connectivity index is 3.00. The third kappa shape index (κ3) is 3.05. The minimum absolute atomic E-state index is 0.234. The number of carbonyl (C=O) groups excluding carboxylic acids is 1. The van der Waals surface area contributed by atoms with E-state index in [1.807, 2.05) is 0 Å². The van der Waals surface area contributed by atoms with Crippen molar-refractivity contribution in [3.8, 4) is 0 Å². The van der Waals surface area contributed by atoms with Crippen molar-refractivity contribution in [2.45, 2.75) is 0 Å². The van der Waals surface area contributed by atoms with Crippen LogP contribution in [0.15, 0.2) is 0 Å². The van der Waals surface area contributed by atoms with Crippen molar-refractivity contribution in [2.24, 2.45) is 0 Å². The third-order valence-electron chi connectivity index (χ3n) is 0.466. The van der Waals surface area contributed by atoms with E-state index in [1.165, 1.54) is 0 Å². The smallest absolute Gasteiger partial charge is 0.328 e. The summed E-state index contributed by atoms with van der Waals surface area (Å²) in [4.78, 5) is 10.1. The summed E-state index contributed by atoms with van der Waals surface area (Å²) in [6.45, 7) is 0. The summed E-state index contributed by atoms with van der Waals surface area (Å²) < 4.78 is 0. The van der Waals surface area contributed by atoms with Gasteiger partial charge in [-0.2, -0.15) is 0 Å². The molecular formula is C3H9N3O. The van der Waals surface area contributed by atoms with Crippen LogP contribution in [0.25, 0.3) is 0 Å². The highest BCUT2D eigenvalue weighted by molar-refractivity contribution is 5.72. The summed E-state index contributed by atoms with van der Waals surface area (Å²) in [7, 11) is 3.17. The van der Waals surface area contributed by atoms with Gasteiger partial charge in [-0.15, -0.1) is 0 Å². The Kier molecular flexibility index (Phi) is 3.04. The zero-order valence-corrected chi connectivity index (χ0v) is 4.41. The van der Waals surface area contributed by atoms with Gasteiger partial charge in [0.05, 0.1) is 0 Å². The molecule has 0 aliphatic carbocycles. The minimum atomic E-state index is -0.234. The highest BCUT2D eigenvalue weighted by Crippen LogP contribution is 1.49. The van der Waals surface area contributed by atoms with Crippen LogP contribution in [0.3, 0.4) is 0 Å². The molecule has 0 fully saturated rings. The van der Waals surface area contributed by atoms with Gasteiger partial charge in [0.2, 0.25) is 0 Å². The molecule has 0 rings (SSSR count). The number of hydrazine groups is 1. The van der Waals surface area contributed by atoms with E-state index < -0.39 is 0 Å². The van der Waals surface area contributed by atoms with E-state index in [1.54, 1.807) is 14.1 Å². The second-order valence-corrected chi connectivity index (χ2v) is 0.954. The number of hydrogen-bond acceptors (Lipinski definition) is 2. The van der Waals surface area contributed by atoms with Gasteiger partial charge in [-0.3, -0.25) is 5.43 Å². The van der Waals surface area contributed by atoms with Crippen LogP contribution >= 0.6 is 0 Å². The average Bonchev–Trinajstić information content (AvgIpc) is 1.68. The van der Waals surface area contributed by atoms with Gasteiger partial charge >= 0.3 is 6.03 Å². The number of hydrogen-bond donors (Lipinski definition) is 3. The normalized spacial score (nSPS) is 7.71. The Morgan fingerprint density at radius 2 is 2.00 bits per heavy atom. The van der Waals surface area contributed by atoms with Crippen LogP contribution in [0, 0.1) is 0 Å². The van der Waals surface area contributed by atoms with Crippen molar-refractivity contribution >= 4 is 6.03 Å². The molecular weight excluding hydrogens is 94.1 g/mol. The molecule has 0 aromatic rings. The predicted molar refractivity (Wildman–Crippen MR) is 26.7 cm³/mol. The minimum Gasteiger partial charge on any atom is -0.340 e. The lowest BCUT2D eigenvalue weighted by molar-refractivity contribution is 0.240. The van der Waals surface area contributed by atoms with Gasteiger partial charge in [0.15, 0.2) is 0 Å². The topological polar surface area (TPSA) is 53.2 Å². The quantitative estimate of drug-likeness (QED) is 0.375. The lowest BCUT2D eigenvalue weighted by atomic mass is 11.0. The largest absolute Gasteiger partial charge is 0.340 e. The standard InChI is InChI=1S/C3H9N3O/c1-4-3(7)6-5-2/h5H,1-2H3,(H2,4,6,7). The predicted octanol–water partition coefficient (Wildman–Crippen LogP) is -0.950. The van der Waals surface area contributed by atoms with E-state index in [0.717, 1.165) is 0 Å². The molecule has 3 N–H and O–H groups in total. The SMILES string of the molecule is CNNC(=O)NC. The molecule has 0 aromatic heterocycles.